The summed E-state index contributed by atoms with van der Waals surface area (Å²) in [7, 11) is 0. The standard InChI is InChI=1S/C15H14N4S/c1-10-6-7-19-9-13(18-14(19)8-10)11-2-4-12(5-3-11)17-15(16)20/h2-9H,1H3,(H3,16,17,20). The molecule has 0 aliphatic carbocycles. The number of hydrogen-bond donors (Lipinski definition) is 2. The first-order valence-electron chi connectivity index (χ1n) is 6.24. The fraction of sp³-hybridized carbons (Fsp3) is 0.0667. The van der Waals surface area contributed by atoms with Crippen molar-refractivity contribution in [3.63, 3.8) is 0 Å². The van der Waals surface area contributed by atoms with Gasteiger partial charge in [0.2, 0.25) is 0 Å². The Labute approximate surface area is 122 Å². The van der Waals surface area contributed by atoms with Crippen LogP contribution in [-0.4, -0.2) is 14.5 Å². The molecule has 2 heterocycles. The maximum atomic E-state index is 5.44. The van der Waals surface area contributed by atoms with Crippen LogP contribution in [0.1, 0.15) is 5.56 Å². The number of hydrogen-bond acceptors (Lipinski definition) is 2. The summed E-state index contributed by atoms with van der Waals surface area (Å²) in [4.78, 5) is 4.63. The minimum Gasteiger partial charge on any atom is -0.376 e. The zero-order valence-electron chi connectivity index (χ0n) is 11.0. The number of rotatable bonds is 2. The Bertz CT molecular complexity index is 774. The Kier molecular flexibility index (Phi) is 3.12. The van der Waals surface area contributed by atoms with Crippen molar-refractivity contribution in [3.8, 4) is 11.3 Å². The molecule has 0 fully saturated rings. The van der Waals surface area contributed by atoms with Crippen LogP contribution in [0.15, 0.2) is 48.8 Å². The predicted octanol–water partition coefficient (Wildman–Crippen LogP) is 2.97. The Morgan fingerprint density at radius 1 is 1.25 bits per heavy atom. The summed E-state index contributed by atoms with van der Waals surface area (Å²) in [5.41, 5.74) is 10.5. The number of aromatic nitrogens is 2. The minimum absolute atomic E-state index is 0.265. The van der Waals surface area contributed by atoms with Crippen LogP contribution in [0.5, 0.6) is 0 Å². The molecule has 0 radical (unpaired) electrons. The monoisotopic (exact) mass is 282 g/mol. The molecule has 2 aromatic heterocycles. The van der Waals surface area contributed by atoms with Gasteiger partial charge in [0.25, 0.3) is 0 Å². The van der Waals surface area contributed by atoms with Gasteiger partial charge in [-0.05, 0) is 49.0 Å². The van der Waals surface area contributed by atoms with E-state index in [9.17, 15) is 0 Å². The first-order chi connectivity index (χ1) is 9.61. The minimum atomic E-state index is 0.265. The molecule has 3 aromatic rings. The Balaban J connectivity index is 1.96. The maximum absolute atomic E-state index is 5.44. The molecule has 0 aliphatic rings. The van der Waals surface area contributed by atoms with Crippen molar-refractivity contribution in [2.45, 2.75) is 6.92 Å². The maximum Gasteiger partial charge on any atom is 0.168 e. The second kappa shape index (κ2) is 4.94. The molecule has 1 aromatic carbocycles. The van der Waals surface area contributed by atoms with Crippen LogP contribution in [-0.2, 0) is 0 Å². The Morgan fingerprint density at radius 3 is 2.70 bits per heavy atom. The van der Waals surface area contributed by atoms with Crippen molar-refractivity contribution in [2.24, 2.45) is 5.73 Å². The summed E-state index contributed by atoms with van der Waals surface area (Å²) in [6, 6.07) is 12.0. The Hall–Kier alpha value is -2.40. The lowest BCUT2D eigenvalue weighted by Gasteiger charge is -2.03. The van der Waals surface area contributed by atoms with E-state index in [1.54, 1.807) is 0 Å². The highest BCUT2D eigenvalue weighted by Crippen LogP contribution is 2.21. The van der Waals surface area contributed by atoms with Crippen molar-refractivity contribution in [3.05, 3.63) is 54.4 Å². The van der Waals surface area contributed by atoms with Crippen LogP contribution in [0, 0.1) is 6.92 Å². The van der Waals surface area contributed by atoms with Crippen molar-refractivity contribution in [1.82, 2.24) is 9.38 Å². The number of fused-ring (bicyclic) bond motifs is 1. The van der Waals surface area contributed by atoms with Crippen LogP contribution in [0.2, 0.25) is 0 Å². The third kappa shape index (κ3) is 2.48. The predicted molar refractivity (Wildman–Crippen MR) is 85.8 cm³/mol. The van der Waals surface area contributed by atoms with E-state index in [0.717, 1.165) is 22.6 Å². The Morgan fingerprint density at radius 2 is 2.00 bits per heavy atom. The average molecular weight is 282 g/mol. The molecule has 0 spiro atoms. The SMILES string of the molecule is Cc1ccn2cc(-c3ccc(NC(N)=S)cc3)nc2c1. The summed E-state index contributed by atoms with van der Waals surface area (Å²) in [5.74, 6) is 0. The molecule has 0 unspecified atom stereocenters. The van der Waals surface area contributed by atoms with Gasteiger partial charge in [-0.3, -0.25) is 0 Å². The summed E-state index contributed by atoms with van der Waals surface area (Å²) >= 11 is 4.81. The van der Waals surface area contributed by atoms with Gasteiger partial charge in [0.1, 0.15) is 5.65 Å². The highest BCUT2D eigenvalue weighted by molar-refractivity contribution is 7.80. The van der Waals surface area contributed by atoms with Gasteiger partial charge in [-0.25, -0.2) is 4.98 Å². The van der Waals surface area contributed by atoms with E-state index < -0.39 is 0 Å². The van der Waals surface area contributed by atoms with Gasteiger partial charge < -0.3 is 15.5 Å². The molecule has 0 amide bonds. The zero-order valence-corrected chi connectivity index (χ0v) is 11.8. The van der Waals surface area contributed by atoms with Gasteiger partial charge in [-0.1, -0.05) is 12.1 Å². The lowest BCUT2D eigenvalue weighted by atomic mass is 10.1. The van der Waals surface area contributed by atoms with Crippen LogP contribution in [0.4, 0.5) is 5.69 Å². The van der Waals surface area contributed by atoms with Gasteiger partial charge in [-0.2, -0.15) is 0 Å². The first-order valence-corrected chi connectivity index (χ1v) is 6.65. The van der Waals surface area contributed by atoms with Gasteiger partial charge in [0.05, 0.1) is 5.69 Å². The van der Waals surface area contributed by atoms with Gasteiger partial charge in [0.15, 0.2) is 5.11 Å². The van der Waals surface area contributed by atoms with Crippen molar-refractivity contribution in [2.75, 3.05) is 5.32 Å². The molecule has 0 atom stereocenters. The zero-order chi connectivity index (χ0) is 14.1. The molecule has 0 saturated carbocycles. The lowest BCUT2D eigenvalue weighted by molar-refractivity contribution is 1.17. The molecule has 0 aliphatic heterocycles. The second-order valence-corrected chi connectivity index (χ2v) is 5.10. The highest BCUT2D eigenvalue weighted by atomic mass is 32.1. The third-order valence-electron chi connectivity index (χ3n) is 3.06. The van der Waals surface area contributed by atoms with Crippen molar-refractivity contribution in [1.29, 1.82) is 0 Å². The number of aryl methyl sites for hydroxylation is 1. The van der Waals surface area contributed by atoms with Crippen LogP contribution >= 0.6 is 12.2 Å². The van der Waals surface area contributed by atoms with Gasteiger partial charge >= 0.3 is 0 Å². The summed E-state index contributed by atoms with van der Waals surface area (Å²) in [5, 5.41) is 3.17. The van der Waals surface area contributed by atoms with E-state index in [4.69, 9.17) is 18.0 Å². The number of nitrogens with one attached hydrogen (secondary N) is 1. The van der Waals surface area contributed by atoms with Crippen LogP contribution in [0.3, 0.4) is 0 Å². The van der Waals surface area contributed by atoms with E-state index in [1.807, 2.05) is 41.1 Å². The molecule has 20 heavy (non-hydrogen) atoms. The summed E-state index contributed by atoms with van der Waals surface area (Å²) in [6.45, 7) is 2.06. The normalized spacial score (nSPS) is 10.7. The van der Waals surface area contributed by atoms with Crippen LogP contribution in [0.25, 0.3) is 16.9 Å². The number of pyridine rings is 1. The van der Waals surface area contributed by atoms with E-state index in [1.165, 1.54) is 5.56 Å². The molecule has 0 bridgehead atoms. The summed E-state index contributed by atoms with van der Waals surface area (Å²) in [6.07, 6.45) is 4.04. The molecule has 100 valence electrons. The lowest BCUT2D eigenvalue weighted by Crippen LogP contribution is -2.18. The highest BCUT2D eigenvalue weighted by Gasteiger charge is 2.04. The molecular formula is C15H14N4S. The van der Waals surface area contributed by atoms with Crippen molar-refractivity contribution < 1.29 is 0 Å². The number of anilines is 1. The van der Waals surface area contributed by atoms with Crippen molar-refractivity contribution >= 4 is 28.7 Å². The van der Waals surface area contributed by atoms with Crippen LogP contribution < -0.4 is 11.1 Å². The molecule has 5 heteroatoms. The van der Waals surface area contributed by atoms with Gasteiger partial charge in [-0.15, -0.1) is 0 Å². The topological polar surface area (TPSA) is 55.3 Å². The molecule has 4 nitrogen and oxygen atoms in total. The third-order valence-corrected chi connectivity index (χ3v) is 3.17. The van der Waals surface area contributed by atoms with E-state index in [-0.39, 0.29) is 5.11 Å². The smallest absolute Gasteiger partial charge is 0.168 e. The van der Waals surface area contributed by atoms with E-state index >= 15 is 0 Å². The molecule has 3 rings (SSSR count). The fourth-order valence-electron chi connectivity index (χ4n) is 2.09. The molecular weight excluding hydrogens is 268 g/mol. The number of thiocarbonyl (C=S) groups is 1. The average Bonchev–Trinajstić information content (AvgIpc) is 2.81. The first kappa shape index (κ1) is 12.6. The van der Waals surface area contributed by atoms with Gasteiger partial charge in [0, 0.05) is 23.6 Å². The molecule has 3 N–H and O–H groups in total. The molecule has 0 saturated heterocycles. The quantitative estimate of drug-likeness (QED) is 0.710. The number of nitrogens with two attached hydrogens (primary N) is 1. The second-order valence-electron chi connectivity index (χ2n) is 4.66. The number of benzene rings is 1. The van der Waals surface area contributed by atoms with E-state index in [2.05, 4.69) is 29.4 Å². The summed E-state index contributed by atoms with van der Waals surface area (Å²) < 4.78 is 2.02. The number of imidazole rings is 1. The van der Waals surface area contributed by atoms with E-state index in [0.29, 0.717) is 0 Å². The fourth-order valence-corrected chi connectivity index (χ4v) is 2.21. The largest absolute Gasteiger partial charge is 0.376 e. The number of nitrogens with zero attached hydrogens (tertiary/aromatic N) is 2.